The molecule has 3 heteroatoms. The molecule has 0 N–H and O–H groups in total. The van der Waals surface area contributed by atoms with Gasteiger partial charge in [0.05, 0.1) is 12.8 Å². The van der Waals surface area contributed by atoms with Crippen LogP contribution in [0.3, 0.4) is 0 Å². The van der Waals surface area contributed by atoms with Gasteiger partial charge in [-0.05, 0) is 11.6 Å². The largest absolute Gasteiger partial charge is 0.479 e. The van der Waals surface area contributed by atoms with Gasteiger partial charge in [-0.3, -0.25) is 0 Å². The first kappa shape index (κ1) is 11.7. The molecule has 0 atom stereocenters. The molecule has 0 spiro atoms. The SMILES string of the molecule is COc1nnc(Cc2ccccc2)c2ccccc12. The third kappa shape index (κ3) is 2.27. The highest BCUT2D eigenvalue weighted by molar-refractivity contribution is 5.88. The molecule has 0 amide bonds. The Kier molecular flexibility index (Phi) is 3.11. The molecule has 0 bridgehead atoms. The summed E-state index contributed by atoms with van der Waals surface area (Å²) in [6, 6.07) is 18.4. The zero-order valence-corrected chi connectivity index (χ0v) is 10.7. The first-order valence-corrected chi connectivity index (χ1v) is 6.20. The van der Waals surface area contributed by atoms with E-state index >= 15 is 0 Å². The lowest BCUT2D eigenvalue weighted by molar-refractivity contribution is 0.397. The van der Waals surface area contributed by atoms with Crippen LogP contribution in [0.1, 0.15) is 11.3 Å². The molecule has 0 aliphatic rings. The van der Waals surface area contributed by atoms with Crippen LogP contribution in [0.2, 0.25) is 0 Å². The Hall–Kier alpha value is -2.42. The van der Waals surface area contributed by atoms with Crippen molar-refractivity contribution in [2.45, 2.75) is 6.42 Å². The predicted molar refractivity (Wildman–Crippen MR) is 75.3 cm³/mol. The zero-order chi connectivity index (χ0) is 13.1. The second-order valence-electron chi connectivity index (χ2n) is 4.36. The monoisotopic (exact) mass is 250 g/mol. The normalized spacial score (nSPS) is 10.6. The maximum atomic E-state index is 5.26. The molecule has 3 nitrogen and oxygen atoms in total. The molecule has 0 unspecified atom stereocenters. The zero-order valence-electron chi connectivity index (χ0n) is 10.7. The van der Waals surface area contributed by atoms with Crippen LogP contribution < -0.4 is 4.74 Å². The van der Waals surface area contributed by atoms with Gasteiger partial charge < -0.3 is 4.74 Å². The molecule has 3 aromatic rings. The minimum atomic E-state index is 0.576. The Bertz CT molecular complexity index is 695. The minimum absolute atomic E-state index is 0.576. The summed E-state index contributed by atoms with van der Waals surface area (Å²) in [5.74, 6) is 0.576. The van der Waals surface area contributed by atoms with Gasteiger partial charge in [-0.2, -0.15) is 5.10 Å². The fourth-order valence-electron chi connectivity index (χ4n) is 2.21. The molecule has 1 heterocycles. The summed E-state index contributed by atoms with van der Waals surface area (Å²) >= 11 is 0. The summed E-state index contributed by atoms with van der Waals surface area (Å²) in [4.78, 5) is 0. The van der Waals surface area contributed by atoms with Crippen LogP contribution in [0.15, 0.2) is 54.6 Å². The van der Waals surface area contributed by atoms with Crippen LogP contribution in [-0.4, -0.2) is 17.3 Å². The van der Waals surface area contributed by atoms with Crippen molar-refractivity contribution in [3.63, 3.8) is 0 Å². The van der Waals surface area contributed by atoms with Gasteiger partial charge in [-0.1, -0.05) is 48.5 Å². The number of ether oxygens (including phenoxy) is 1. The number of rotatable bonds is 3. The summed E-state index contributed by atoms with van der Waals surface area (Å²) < 4.78 is 5.26. The van der Waals surface area contributed by atoms with E-state index in [2.05, 4.69) is 28.4 Å². The van der Waals surface area contributed by atoms with Gasteiger partial charge in [0, 0.05) is 17.2 Å². The van der Waals surface area contributed by atoms with E-state index in [4.69, 9.17) is 4.74 Å². The van der Waals surface area contributed by atoms with Crippen LogP contribution in [0.4, 0.5) is 0 Å². The molecule has 0 aliphatic heterocycles. The quantitative estimate of drug-likeness (QED) is 0.715. The highest BCUT2D eigenvalue weighted by Gasteiger charge is 2.09. The fourth-order valence-corrected chi connectivity index (χ4v) is 2.21. The Balaban J connectivity index is 2.10. The molecule has 0 saturated heterocycles. The van der Waals surface area contributed by atoms with E-state index in [-0.39, 0.29) is 0 Å². The van der Waals surface area contributed by atoms with Crippen molar-refractivity contribution in [3.05, 3.63) is 65.9 Å². The smallest absolute Gasteiger partial charge is 0.241 e. The number of nitrogens with zero attached hydrogens (tertiary/aromatic N) is 2. The second-order valence-corrected chi connectivity index (χ2v) is 4.36. The van der Waals surface area contributed by atoms with E-state index in [1.165, 1.54) is 5.56 Å². The predicted octanol–water partition coefficient (Wildman–Crippen LogP) is 3.23. The Labute approximate surface area is 111 Å². The van der Waals surface area contributed by atoms with Crippen molar-refractivity contribution in [3.8, 4) is 5.88 Å². The molecule has 19 heavy (non-hydrogen) atoms. The molecule has 0 aliphatic carbocycles. The molecular formula is C16H14N2O. The third-order valence-electron chi connectivity index (χ3n) is 3.14. The second kappa shape index (κ2) is 5.06. The highest BCUT2D eigenvalue weighted by Crippen LogP contribution is 2.25. The number of methoxy groups -OCH3 is 1. The average Bonchev–Trinajstić information content (AvgIpc) is 2.49. The summed E-state index contributed by atoms with van der Waals surface area (Å²) in [6.45, 7) is 0. The Morgan fingerprint density at radius 3 is 2.26 bits per heavy atom. The first-order valence-electron chi connectivity index (χ1n) is 6.20. The van der Waals surface area contributed by atoms with E-state index in [1.807, 2.05) is 36.4 Å². The van der Waals surface area contributed by atoms with Gasteiger partial charge in [-0.15, -0.1) is 5.10 Å². The van der Waals surface area contributed by atoms with Gasteiger partial charge in [0.15, 0.2) is 0 Å². The fraction of sp³-hybridized carbons (Fsp3) is 0.125. The maximum absolute atomic E-state index is 5.26. The molecule has 0 saturated carbocycles. The van der Waals surface area contributed by atoms with Gasteiger partial charge in [0.1, 0.15) is 0 Å². The van der Waals surface area contributed by atoms with Crippen LogP contribution >= 0.6 is 0 Å². The Morgan fingerprint density at radius 2 is 1.53 bits per heavy atom. The molecule has 3 rings (SSSR count). The number of hydrogen-bond donors (Lipinski definition) is 0. The van der Waals surface area contributed by atoms with E-state index in [9.17, 15) is 0 Å². The van der Waals surface area contributed by atoms with E-state index in [1.54, 1.807) is 7.11 Å². The van der Waals surface area contributed by atoms with Crippen LogP contribution in [0, 0.1) is 0 Å². The molecular weight excluding hydrogens is 236 g/mol. The lowest BCUT2D eigenvalue weighted by Crippen LogP contribution is -1.99. The van der Waals surface area contributed by atoms with Crippen LogP contribution in [0.25, 0.3) is 10.8 Å². The number of benzene rings is 2. The molecule has 1 aromatic heterocycles. The lowest BCUT2D eigenvalue weighted by atomic mass is 10.0. The van der Waals surface area contributed by atoms with Crippen molar-refractivity contribution in [1.29, 1.82) is 0 Å². The van der Waals surface area contributed by atoms with Crippen molar-refractivity contribution in [2.24, 2.45) is 0 Å². The first-order chi connectivity index (χ1) is 9.38. The van der Waals surface area contributed by atoms with Gasteiger partial charge in [0.25, 0.3) is 0 Å². The molecule has 94 valence electrons. The summed E-state index contributed by atoms with van der Waals surface area (Å²) in [7, 11) is 1.62. The van der Waals surface area contributed by atoms with Crippen molar-refractivity contribution in [1.82, 2.24) is 10.2 Å². The van der Waals surface area contributed by atoms with E-state index in [0.29, 0.717) is 5.88 Å². The van der Waals surface area contributed by atoms with Crippen molar-refractivity contribution >= 4 is 10.8 Å². The summed E-state index contributed by atoms with van der Waals surface area (Å²) in [6.07, 6.45) is 0.776. The number of aromatic nitrogens is 2. The minimum Gasteiger partial charge on any atom is -0.479 e. The lowest BCUT2D eigenvalue weighted by Gasteiger charge is -2.08. The van der Waals surface area contributed by atoms with Gasteiger partial charge in [-0.25, -0.2) is 0 Å². The number of fused-ring (bicyclic) bond motifs is 1. The topological polar surface area (TPSA) is 35.0 Å². The standard InChI is InChI=1S/C16H14N2O/c1-19-16-14-10-6-5-9-13(14)15(17-18-16)11-12-7-3-2-4-8-12/h2-10H,11H2,1H3. The summed E-state index contributed by atoms with van der Waals surface area (Å²) in [5.41, 5.74) is 2.20. The Morgan fingerprint density at radius 1 is 0.842 bits per heavy atom. The number of hydrogen-bond acceptors (Lipinski definition) is 3. The maximum Gasteiger partial charge on any atom is 0.241 e. The molecule has 2 aromatic carbocycles. The van der Waals surface area contributed by atoms with E-state index in [0.717, 1.165) is 22.9 Å². The molecule has 0 radical (unpaired) electrons. The van der Waals surface area contributed by atoms with Crippen LogP contribution in [0.5, 0.6) is 5.88 Å². The summed E-state index contributed by atoms with van der Waals surface area (Å²) in [5, 5.41) is 10.5. The van der Waals surface area contributed by atoms with Crippen molar-refractivity contribution < 1.29 is 4.74 Å². The van der Waals surface area contributed by atoms with Gasteiger partial charge in [0.2, 0.25) is 5.88 Å². The third-order valence-corrected chi connectivity index (χ3v) is 3.14. The van der Waals surface area contributed by atoms with Crippen LogP contribution in [-0.2, 0) is 6.42 Å². The van der Waals surface area contributed by atoms with Crippen molar-refractivity contribution in [2.75, 3.05) is 7.11 Å². The average molecular weight is 250 g/mol. The highest BCUT2D eigenvalue weighted by atomic mass is 16.5. The molecule has 0 fully saturated rings. The van der Waals surface area contributed by atoms with E-state index < -0.39 is 0 Å². The van der Waals surface area contributed by atoms with Gasteiger partial charge >= 0.3 is 0 Å².